The number of hydrogen-bond donors (Lipinski definition) is 1. The highest BCUT2D eigenvalue weighted by atomic mass is 16.6. The fourth-order valence-electron chi connectivity index (χ4n) is 2.08. The fraction of sp³-hybridized carbons (Fsp3) is 0.750. The summed E-state index contributed by atoms with van der Waals surface area (Å²) >= 11 is 0. The second-order valence-corrected chi connectivity index (χ2v) is 5.76. The van der Waals surface area contributed by atoms with Crippen LogP contribution in [-0.2, 0) is 4.74 Å². The smallest absolute Gasteiger partial charge is 0.410 e. The Morgan fingerprint density at radius 1 is 1.53 bits per heavy atom. The number of nitrogens with two attached hydrogens (primary N) is 1. The lowest BCUT2D eigenvalue weighted by Gasteiger charge is -2.32. The Hall–Kier alpha value is -1.79. The standard InChI is InChI=1S/C12H20N4O3/c1-12(2,3)18-11(17)16-6-4-5-8(7-16)9-14-10(13)15-19-9/h8H,4-7H2,1-3H3,(H2,13,15). The normalized spacial score (nSPS) is 20.4. The number of piperidine rings is 1. The Kier molecular flexibility index (Phi) is 3.64. The first-order chi connectivity index (χ1) is 8.85. The molecule has 0 saturated carbocycles. The first-order valence-corrected chi connectivity index (χ1v) is 6.42. The molecule has 1 aliphatic heterocycles. The molecule has 0 aliphatic carbocycles. The molecule has 2 N–H and O–H groups in total. The van der Waals surface area contributed by atoms with E-state index in [9.17, 15) is 4.79 Å². The number of nitrogens with zero attached hydrogens (tertiary/aromatic N) is 3. The Morgan fingerprint density at radius 3 is 2.84 bits per heavy atom. The number of rotatable bonds is 1. The first kappa shape index (κ1) is 13.6. The van der Waals surface area contributed by atoms with Crippen molar-refractivity contribution in [2.45, 2.75) is 45.1 Å². The second kappa shape index (κ2) is 5.07. The van der Waals surface area contributed by atoms with Crippen molar-refractivity contribution in [3.63, 3.8) is 0 Å². The number of carbonyl (C=O) groups excluding carboxylic acids is 1. The van der Waals surface area contributed by atoms with Gasteiger partial charge in [0.05, 0.1) is 5.92 Å². The minimum atomic E-state index is -0.487. The number of amides is 1. The van der Waals surface area contributed by atoms with Crippen LogP contribution in [0.1, 0.15) is 45.4 Å². The third kappa shape index (κ3) is 3.59. The van der Waals surface area contributed by atoms with Crippen molar-refractivity contribution < 1.29 is 14.1 Å². The average Bonchev–Trinajstić information content (AvgIpc) is 2.74. The van der Waals surface area contributed by atoms with Gasteiger partial charge in [0, 0.05) is 13.1 Å². The lowest BCUT2D eigenvalue weighted by Crippen LogP contribution is -2.42. The minimum absolute atomic E-state index is 0.0334. The molecule has 1 aliphatic rings. The SMILES string of the molecule is CC(C)(C)OC(=O)N1CCCC(c2nc(N)no2)C1. The third-order valence-electron chi connectivity index (χ3n) is 2.88. The maximum Gasteiger partial charge on any atom is 0.410 e. The Bertz CT molecular complexity index is 452. The molecule has 7 heteroatoms. The molecule has 0 spiro atoms. The van der Waals surface area contributed by atoms with Gasteiger partial charge in [0.15, 0.2) is 0 Å². The summed E-state index contributed by atoms with van der Waals surface area (Å²) in [6.07, 6.45) is 1.48. The molecule has 7 nitrogen and oxygen atoms in total. The van der Waals surface area contributed by atoms with Gasteiger partial charge in [-0.15, -0.1) is 0 Å². The summed E-state index contributed by atoms with van der Waals surface area (Å²) in [5.41, 5.74) is 4.95. The molecule has 1 fully saturated rings. The highest BCUT2D eigenvalue weighted by Crippen LogP contribution is 2.26. The lowest BCUT2D eigenvalue weighted by molar-refractivity contribution is 0.0189. The van der Waals surface area contributed by atoms with E-state index in [1.165, 1.54) is 0 Å². The number of nitrogen functional groups attached to an aromatic ring is 1. The third-order valence-corrected chi connectivity index (χ3v) is 2.88. The van der Waals surface area contributed by atoms with Crippen molar-refractivity contribution in [3.05, 3.63) is 5.89 Å². The van der Waals surface area contributed by atoms with E-state index >= 15 is 0 Å². The van der Waals surface area contributed by atoms with Gasteiger partial charge < -0.3 is 19.9 Å². The van der Waals surface area contributed by atoms with Crippen LogP contribution in [0.15, 0.2) is 4.52 Å². The second-order valence-electron chi connectivity index (χ2n) is 5.76. The molecule has 1 aromatic rings. The maximum atomic E-state index is 12.0. The molecule has 2 heterocycles. The molecule has 0 radical (unpaired) electrons. The highest BCUT2D eigenvalue weighted by Gasteiger charge is 2.30. The zero-order valence-electron chi connectivity index (χ0n) is 11.5. The van der Waals surface area contributed by atoms with Crippen molar-refractivity contribution in [1.82, 2.24) is 15.0 Å². The summed E-state index contributed by atoms with van der Waals surface area (Å²) in [5.74, 6) is 0.654. The van der Waals surface area contributed by atoms with Crippen LogP contribution in [-0.4, -0.2) is 39.8 Å². The van der Waals surface area contributed by atoms with Gasteiger partial charge in [-0.05, 0) is 38.8 Å². The fourth-order valence-corrected chi connectivity index (χ4v) is 2.08. The van der Waals surface area contributed by atoms with Gasteiger partial charge in [-0.2, -0.15) is 4.98 Å². The van der Waals surface area contributed by atoms with E-state index in [4.69, 9.17) is 15.0 Å². The summed E-state index contributed by atoms with van der Waals surface area (Å²) in [5, 5.41) is 3.58. The van der Waals surface area contributed by atoms with Crippen molar-refractivity contribution >= 4 is 12.0 Å². The van der Waals surface area contributed by atoms with Gasteiger partial charge in [-0.3, -0.25) is 0 Å². The number of ether oxygens (including phenoxy) is 1. The van der Waals surface area contributed by atoms with Gasteiger partial charge in [-0.1, -0.05) is 0 Å². The summed E-state index contributed by atoms with van der Waals surface area (Å²) < 4.78 is 10.4. The molecular weight excluding hydrogens is 248 g/mol. The van der Waals surface area contributed by atoms with Crippen LogP contribution in [0.2, 0.25) is 0 Å². The van der Waals surface area contributed by atoms with Gasteiger partial charge >= 0.3 is 6.09 Å². The van der Waals surface area contributed by atoms with Gasteiger partial charge in [0.2, 0.25) is 5.89 Å². The largest absolute Gasteiger partial charge is 0.444 e. The van der Waals surface area contributed by atoms with Crippen LogP contribution >= 0.6 is 0 Å². The van der Waals surface area contributed by atoms with Crippen LogP contribution in [0.3, 0.4) is 0 Å². The van der Waals surface area contributed by atoms with Crippen LogP contribution in [0.25, 0.3) is 0 Å². The molecule has 1 unspecified atom stereocenters. The van der Waals surface area contributed by atoms with E-state index < -0.39 is 5.60 Å². The predicted octanol–water partition coefficient (Wildman–Crippen LogP) is 1.77. The molecule has 1 amide bonds. The average molecular weight is 268 g/mol. The van der Waals surface area contributed by atoms with Crippen LogP contribution < -0.4 is 5.73 Å². The van der Waals surface area contributed by atoms with E-state index in [0.29, 0.717) is 19.0 Å². The number of anilines is 1. The van der Waals surface area contributed by atoms with Crippen molar-refractivity contribution in [3.8, 4) is 0 Å². The summed E-state index contributed by atoms with van der Waals surface area (Å²) in [7, 11) is 0. The quantitative estimate of drug-likeness (QED) is 0.834. The molecule has 2 rings (SSSR count). The van der Waals surface area contributed by atoms with Crippen LogP contribution in [0.4, 0.5) is 10.7 Å². The zero-order chi connectivity index (χ0) is 14.0. The molecule has 1 atom stereocenters. The topological polar surface area (TPSA) is 94.5 Å². The Labute approximate surface area is 112 Å². The summed E-state index contributed by atoms with van der Waals surface area (Å²) in [6, 6.07) is 0. The first-order valence-electron chi connectivity index (χ1n) is 6.42. The summed E-state index contributed by atoms with van der Waals surface area (Å²) in [6.45, 7) is 6.77. The highest BCUT2D eigenvalue weighted by molar-refractivity contribution is 5.68. The van der Waals surface area contributed by atoms with E-state index in [1.807, 2.05) is 20.8 Å². The Balaban J connectivity index is 1.99. The number of carbonyl (C=O) groups is 1. The molecule has 0 bridgehead atoms. The Morgan fingerprint density at radius 2 is 2.26 bits per heavy atom. The van der Waals surface area contributed by atoms with Crippen molar-refractivity contribution in [1.29, 1.82) is 0 Å². The zero-order valence-corrected chi connectivity index (χ0v) is 11.5. The van der Waals surface area contributed by atoms with Gasteiger partial charge in [0.25, 0.3) is 5.95 Å². The van der Waals surface area contributed by atoms with Crippen molar-refractivity contribution in [2.24, 2.45) is 0 Å². The van der Waals surface area contributed by atoms with Crippen LogP contribution in [0.5, 0.6) is 0 Å². The molecular formula is C12H20N4O3. The van der Waals surface area contributed by atoms with Crippen molar-refractivity contribution in [2.75, 3.05) is 18.8 Å². The summed E-state index contributed by atoms with van der Waals surface area (Å²) in [4.78, 5) is 17.7. The van der Waals surface area contributed by atoms with E-state index in [1.54, 1.807) is 4.90 Å². The van der Waals surface area contributed by atoms with E-state index in [2.05, 4.69) is 10.1 Å². The van der Waals surface area contributed by atoms with Gasteiger partial charge in [-0.25, -0.2) is 4.79 Å². The monoisotopic (exact) mass is 268 g/mol. The maximum absolute atomic E-state index is 12.0. The number of aromatic nitrogens is 2. The molecule has 19 heavy (non-hydrogen) atoms. The minimum Gasteiger partial charge on any atom is -0.444 e. The molecule has 1 saturated heterocycles. The molecule has 1 aromatic heterocycles. The lowest BCUT2D eigenvalue weighted by atomic mass is 9.98. The molecule has 0 aromatic carbocycles. The predicted molar refractivity (Wildman–Crippen MR) is 68.5 cm³/mol. The number of hydrogen-bond acceptors (Lipinski definition) is 6. The van der Waals surface area contributed by atoms with E-state index in [-0.39, 0.29) is 18.0 Å². The molecule has 106 valence electrons. The van der Waals surface area contributed by atoms with E-state index in [0.717, 1.165) is 12.8 Å². The van der Waals surface area contributed by atoms with Crippen LogP contribution in [0, 0.1) is 0 Å². The number of likely N-dealkylation sites (tertiary alicyclic amines) is 1. The van der Waals surface area contributed by atoms with Gasteiger partial charge in [0.1, 0.15) is 5.60 Å².